The van der Waals surface area contributed by atoms with Crippen LogP contribution in [-0.4, -0.2) is 61.8 Å². The molecule has 5 rings (SSSR count). The normalized spacial score (nSPS) is 15.9. The summed E-state index contributed by atoms with van der Waals surface area (Å²) in [7, 11) is 0. The Morgan fingerprint density at radius 3 is 2.53 bits per heavy atom. The van der Waals surface area contributed by atoms with Crippen LogP contribution in [0.25, 0.3) is 22.6 Å². The van der Waals surface area contributed by atoms with Crippen LogP contribution in [0.2, 0.25) is 0 Å². The first-order chi connectivity index (χ1) is 16.6. The third-order valence-corrected chi connectivity index (χ3v) is 5.62. The van der Waals surface area contributed by atoms with Gasteiger partial charge in [0.2, 0.25) is 0 Å². The van der Waals surface area contributed by atoms with Crippen LogP contribution in [0.1, 0.15) is 13.8 Å². The molecule has 0 spiro atoms. The third-order valence-electron chi connectivity index (χ3n) is 5.62. The van der Waals surface area contributed by atoms with Crippen LogP contribution >= 0.6 is 0 Å². The molecule has 2 N–H and O–H groups in total. The second-order valence-corrected chi connectivity index (χ2v) is 7.96. The Bertz CT molecular complexity index is 1290. The number of morpholine rings is 1. The summed E-state index contributed by atoms with van der Waals surface area (Å²) in [5.41, 5.74) is 3.52. The van der Waals surface area contributed by atoms with E-state index in [9.17, 15) is 4.79 Å². The van der Waals surface area contributed by atoms with Gasteiger partial charge in [-0.05, 0) is 50.2 Å². The first-order valence-electron chi connectivity index (χ1n) is 11.2. The Hall–Kier alpha value is -4.12. The minimum Gasteiger partial charge on any atom is -0.377 e. The number of rotatable bonds is 5. The molecule has 0 aliphatic carbocycles. The predicted octanol–water partition coefficient (Wildman–Crippen LogP) is 3.17. The number of urea groups is 1. The van der Waals surface area contributed by atoms with Crippen molar-refractivity contribution in [3.05, 3.63) is 48.8 Å². The first-order valence-corrected chi connectivity index (χ1v) is 11.2. The number of nitrogens with one attached hydrogen (secondary N) is 2. The molecule has 174 valence electrons. The maximum atomic E-state index is 12.3. The molecule has 3 aromatic heterocycles. The number of benzene rings is 1. The summed E-state index contributed by atoms with van der Waals surface area (Å²) in [6.45, 7) is 6.75. The maximum absolute atomic E-state index is 12.3. The highest BCUT2D eigenvalue weighted by atomic mass is 16.5. The van der Waals surface area contributed by atoms with Gasteiger partial charge in [0.1, 0.15) is 0 Å². The molecule has 0 bridgehead atoms. The molecule has 1 fully saturated rings. The molecule has 4 aromatic rings. The Morgan fingerprint density at radius 1 is 1.09 bits per heavy atom. The molecule has 1 atom stereocenters. The van der Waals surface area contributed by atoms with Crippen LogP contribution in [-0.2, 0) is 11.3 Å². The number of anilines is 3. The third kappa shape index (κ3) is 4.37. The van der Waals surface area contributed by atoms with E-state index in [-0.39, 0.29) is 12.1 Å². The summed E-state index contributed by atoms with van der Waals surface area (Å²) in [6.07, 6.45) is 3.24. The molecule has 4 heterocycles. The Labute approximate surface area is 196 Å². The number of hydrogen-bond acceptors (Lipinski definition) is 8. The number of amides is 2. The summed E-state index contributed by atoms with van der Waals surface area (Å²) >= 11 is 0. The second kappa shape index (κ2) is 9.40. The zero-order valence-corrected chi connectivity index (χ0v) is 19.0. The molecular formula is C23H25N9O2. The molecule has 1 aromatic carbocycles. The van der Waals surface area contributed by atoms with Crippen LogP contribution < -0.4 is 15.5 Å². The van der Waals surface area contributed by atoms with Gasteiger partial charge in [0.05, 0.1) is 19.3 Å². The smallest absolute Gasteiger partial charge is 0.323 e. The van der Waals surface area contributed by atoms with Gasteiger partial charge in [-0.3, -0.25) is 4.98 Å². The average molecular weight is 460 g/mol. The van der Waals surface area contributed by atoms with Crippen molar-refractivity contribution in [2.24, 2.45) is 0 Å². The van der Waals surface area contributed by atoms with E-state index in [1.165, 1.54) is 0 Å². The van der Waals surface area contributed by atoms with Gasteiger partial charge in [0.15, 0.2) is 22.8 Å². The number of ether oxygens (including phenoxy) is 1. The molecule has 34 heavy (non-hydrogen) atoms. The van der Waals surface area contributed by atoms with Crippen molar-refractivity contribution in [3.63, 3.8) is 0 Å². The summed E-state index contributed by atoms with van der Waals surface area (Å²) in [5, 5.41) is 14.2. The highest BCUT2D eigenvalue weighted by Gasteiger charge is 2.26. The molecule has 11 heteroatoms. The number of nitrogens with zero attached hydrogens (tertiary/aromatic N) is 7. The molecule has 2 amide bonds. The van der Waals surface area contributed by atoms with Crippen LogP contribution in [0.15, 0.2) is 48.8 Å². The van der Waals surface area contributed by atoms with Gasteiger partial charge < -0.3 is 20.3 Å². The number of hydrogen-bond donors (Lipinski definition) is 2. The Balaban J connectivity index is 1.42. The minimum absolute atomic E-state index is 0.164. The lowest BCUT2D eigenvalue weighted by Crippen LogP contribution is -2.44. The fourth-order valence-electron chi connectivity index (χ4n) is 3.86. The highest BCUT2D eigenvalue weighted by Crippen LogP contribution is 2.29. The number of fused-ring (bicyclic) bond motifs is 1. The quantitative estimate of drug-likeness (QED) is 0.467. The zero-order chi connectivity index (χ0) is 23.5. The van der Waals surface area contributed by atoms with Gasteiger partial charge in [0, 0.05) is 42.4 Å². The van der Waals surface area contributed by atoms with Crippen molar-refractivity contribution < 1.29 is 9.53 Å². The van der Waals surface area contributed by atoms with Gasteiger partial charge >= 0.3 is 6.03 Å². The van der Waals surface area contributed by atoms with Gasteiger partial charge in [-0.1, -0.05) is 5.21 Å². The lowest BCUT2D eigenvalue weighted by Gasteiger charge is -2.34. The first kappa shape index (κ1) is 21.7. The summed E-state index contributed by atoms with van der Waals surface area (Å²) in [4.78, 5) is 28.1. The minimum atomic E-state index is -0.335. The number of aryl methyl sites for hydroxylation is 1. The molecule has 0 saturated carbocycles. The van der Waals surface area contributed by atoms with Gasteiger partial charge in [-0.2, -0.15) is 0 Å². The average Bonchev–Trinajstić information content (AvgIpc) is 3.28. The fraction of sp³-hybridized carbons (Fsp3) is 0.304. The Kier molecular flexibility index (Phi) is 6.00. The van der Waals surface area contributed by atoms with E-state index in [0.717, 1.165) is 17.9 Å². The van der Waals surface area contributed by atoms with E-state index in [4.69, 9.17) is 14.7 Å². The zero-order valence-electron chi connectivity index (χ0n) is 19.0. The van der Waals surface area contributed by atoms with Gasteiger partial charge in [0.25, 0.3) is 0 Å². The van der Waals surface area contributed by atoms with Crippen molar-refractivity contribution >= 4 is 34.4 Å². The second-order valence-electron chi connectivity index (χ2n) is 7.96. The van der Waals surface area contributed by atoms with Crippen LogP contribution in [0.5, 0.6) is 0 Å². The SMILES string of the molecule is CCn1nnc2c(N3CCOCC3C)nc(-c3ccc(NC(=O)Nc4ccncc4)cc3)nc21. The van der Waals surface area contributed by atoms with Crippen molar-refractivity contribution in [2.75, 3.05) is 35.3 Å². The fourth-order valence-corrected chi connectivity index (χ4v) is 3.86. The largest absolute Gasteiger partial charge is 0.377 e. The van der Waals surface area contributed by atoms with Crippen LogP contribution in [0, 0.1) is 0 Å². The molecule has 11 nitrogen and oxygen atoms in total. The number of carbonyl (C=O) groups excluding carboxylic acids is 1. The summed E-state index contributed by atoms with van der Waals surface area (Å²) in [5.74, 6) is 1.33. The summed E-state index contributed by atoms with van der Waals surface area (Å²) in [6, 6.07) is 10.7. The van der Waals surface area contributed by atoms with Crippen molar-refractivity contribution in [2.45, 2.75) is 26.4 Å². The van der Waals surface area contributed by atoms with E-state index < -0.39 is 0 Å². The van der Waals surface area contributed by atoms with E-state index in [2.05, 4.69) is 37.8 Å². The van der Waals surface area contributed by atoms with Gasteiger partial charge in [-0.25, -0.2) is 19.4 Å². The van der Waals surface area contributed by atoms with Crippen molar-refractivity contribution in [1.82, 2.24) is 29.9 Å². The molecular weight excluding hydrogens is 434 g/mol. The highest BCUT2D eigenvalue weighted by molar-refractivity contribution is 5.99. The molecule has 1 aliphatic heterocycles. The van der Waals surface area contributed by atoms with Crippen LogP contribution in [0.4, 0.5) is 22.0 Å². The molecule has 0 radical (unpaired) electrons. The number of pyridine rings is 1. The monoisotopic (exact) mass is 459 g/mol. The van der Waals surface area contributed by atoms with E-state index in [1.807, 2.05) is 31.2 Å². The molecule has 1 saturated heterocycles. The lowest BCUT2D eigenvalue weighted by molar-refractivity contribution is 0.0987. The van der Waals surface area contributed by atoms with Crippen molar-refractivity contribution in [1.29, 1.82) is 0 Å². The van der Waals surface area contributed by atoms with E-state index in [0.29, 0.717) is 48.1 Å². The maximum Gasteiger partial charge on any atom is 0.323 e. The van der Waals surface area contributed by atoms with Crippen LogP contribution in [0.3, 0.4) is 0 Å². The van der Waals surface area contributed by atoms with Gasteiger partial charge in [-0.15, -0.1) is 5.10 Å². The standard InChI is InChI=1S/C23H25N9O2/c1-3-32-22-19(29-30-32)21(31-12-13-34-14-15(31)2)27-20(28-22)16-4-6-17(7-5-16)25-23(33)26-18-8-10-24-11-9-18/h4-11,15H,3,12-14H2,1-2H3,(H2,24,25,26,33). The number of aromatic nitrogens is 6. The number of carbonyl (C=O) groups is 1. The topological polar surface area (TPSA) is 123 Å². The van der Waals surface area contributed by atoms with Crippen molar-refractivity contribution in [3.8, 4) is 11.4 Å². The summed E-state index contributed by atoms with van der Waals surface area (Å²) < 4.78 is 7.37. The molecule has 1 aliphatic rings. The molecule has 1 unspecified atom stereocenters. The lowest BCUT2D eigenvalue weighted by atomic mass is 10.2. The van der Waals surface area contributed by atoms with E-state index >= 15 is 0 Å². The van der Waals surface area contributed by atoms with E-state index in [1.54, 1.807) is 29.2 Å². The Morgan fingerprint density at radius 2 is 1.82 bits per heavy atom. The predicted molar refractivity (Wildman–Crippen MR) is 129 cm³/mol.